The van der Waals surface area contributed by atoms with Crippen molar-refractivity contribution in [3.8, 4) is 0 Å². The Labute approximate surface area is 161 Å². The Hall–Kier alpha value is -3.16. The average Bonchev–Trinajstić information content (AvgIpc) is 2.66. The van der Waals surface area contributed by atoms with E-state index in [-0.39, 0.29) is 5.69 Å². The number of nitrogens with zero attached hydrogens (tertiary/aromatic N) is 4. The number of pyridine rings is 1. The van der Waals surface area contributed by atoms with E-state index in [9.17, 15) is 13.2 Å². The number of anilines is 3. The molecule has 0 saturated carbocycles. The number of halogens is 3. The van der Waals surface area contributed by atoms with Gasteiger partial charge in [0.15, 0.2) is 0 Å². The lowest BCUT2D eigenvalue weighted by Gasteiger charge is -2.20. The van der Waals surface area contributed by atoms with Crippen LogP contribution in [0, 0.1) is 6.92 Å². The zero-order chi connectivity index (χ0) is 20.1. The first-order valence-electron chi connectivity index (χ1n) is 8.72. The number of aromatic nitrogens is 3. The van der Waals surface area contributed by atoms with Crippen molar-refractivity contribution in [2.24, 2.45) is 0 Å². The summed E-state index contributed by atoms with van der Waals surface area (Å²) in [6.45, 7) is 2.40. The molecule has 5 nitrogen and oxygen atoms in total. The van der Waals surface area contributed by atoms with E-state index >= 15 is 0 Å². The van der Waals surface area contributed by atoms with Gasteiger partial charge in [-0.1, -0.05) is 12.1 Å². The fraction of sp³-hybridized carbons (Fsp3) is 0.250. The second-order valence-corrected chi connectivity index (χ2v) is 6.35. The fourth-order valence-electron chi connectivity index (χ4n) is 2.75. The van der Waals surface area contributed by atoms with Crippen LogP contribution in [0.5, 0.6) is 0 Å². The second kappa shape index (κ2) is 8.24. The summed E-state index contributed by atoms with van der Waals surface area (Å²) in [5, 5.41) is 2.78. The maximum absolute atomic E-state index is 13.2. The summed E-state index contributed by atoms with van der Waals surface area (Å²) >= 11 is 0. The van der Waals surface area contributed by atoms with Crippen LogP contribution in [-0.4, -0.2) is 28.5 Å². The SMILES string of the molecule is Cc1nc(Nc2ccccc2C(F)(F)F)cc(N(C)CCc2ccncc2)n1. The van der Waals surface area contributed by atoms with Gasteiger partial charge < -0.3 is 10.2 Å². The Morgan fingerprint density at radius 1 is 1.04 bits per heavy atom. The summed E-state index contributed by atoms with van der Waals surface area (Å²) in [4.78, 5) is 14.6. The van der Waals surface area contributed by atoms with Crippen molar-refractivity contribution in [1.29, 1.82) is 0 Å². The maximum atomic E-state index is 13.2. The van der Waals surface area contributed by atoms with E-state index < -0.39 is 11.7 Å². The number of hydrogen-bond donors (Lipinski definition) is 1. The molecule has 0 saturated heterocycles. The lowest BCUT2D eigenvalue weighted by molar-refractivity contribution is -0.136. The van der Waals surface area contributed by atoms with Gasteiger partial charge in [-0.3, -0.25) is 4.98 Å². The van der Waals surface area contributed by atoms with Gasteiger partial charge in [-0.2, -0.15) is 13.2 Å². The molecule has 1 N–H and O–H groups in total. The molecule has 8 heteroatoms. The van der Waals surface area contributed by atoms with Crippen molar-refractivity contribution < 1.29 is 13.2 Å². The van der Waals surface area contributed by atoms with Crippen molar-refractivity contribution in [2.45, 2.75) is 19.5 Å². The van der Waals surface area contributed by atoms with Gasteiger partial charge in [0, 0.05) is 32.1 Å². The molecule has 0 aliphatic rings. The number of aryl methyl sites for hydroxylation is 1. The van der Waals surface area contributed by atoms with Crippen molar-refractivity contribution in [2.75, 3.05) is 23.8 Å². The predicted molar refractivity (Wildman–Crippen MR) is 103 cm³/mol. The van der Waals surface area contributed by atoms with E-state index in [1.54, 1.807) is 31.5 Å². The molecular weight excluding hydrogens is 367 g/mol. The highest BCUT2D eigenvalue weighted by Crippen LogP contribution is 2.35. The highest BCUT2D eigenvalue weighted by molar-refractivity contribution is 5.63. The number of alkyl halides is 3. The number of nitrogens with one attached hydrogen (secondary N) is 1. The van der Waals surface area contributed by atoms with Crippen molar-refractivity contribution in [1.82, 2.24) is 15.0 Å². The van der Waals surface area contributed by atoms with Gasteiger partial charge in [0.2, 0.25) is 0 Å². The van der Waals surface area contributed by atoms with Crippen LogP contribution >= 0.6 is 0 Å². The minimum absolute atomic E-state index is 0.0431. The summed E-state index contributed by atoms with van der Waals surface area (Å²) in [6, 6.07) is 10.9. The van der Waals surface area contributed by atoms with Crippen molar-refractivity contribution in [3.05, 3.63) is 71.8 Å². The van der Waals surface area contributed by atoms with Crippen LogP contribution in [-0.2, 0) is 12.6 Å². The number of para-hydroxylation sites is 1. The van der Waals surface area contributed by atoms with Gasteiger partial charge in [0.05, 0.1) is 11.3 Å². The lowest BCUT2D eigenvalue weighted by atomic mass is 10.1. The first-order chi connectivity index (χ1) is 13.3. The Bertz CT molecular complexity index is 929. The Kier molecular flexibility index (Phi) is 5.77. The molecule has 0 atom stereocenters. The summed E-state index contributed by atoms with van der Waals surface area (Å²) in [6.07, 6.45) is -0.174. The Morgan fingerprint density at radius 3 is 2.46 bits per heavy atom. The fourth-order valence-corrected chi connectivity index (χ4v) is 2.75. The monoisotopic (exact) mass is 387 g/mol. The van der Waals surface area contributed by atoms with Gasteiger partial charge in [0.1, 0.15) is 17.5 Å². The van der Waals surface area contributed by atoms with Crippen LogP contribution in [0.25, 0.3) is 0 Å². The molecule has 0 unspecified atom stereocenters. The summed E-state index contributed by atoms with van der Waals surface area (Å²) in [5.74, 6) is 1.42. The van der Waals surface area contributed by atoms with E-state index in [0.29, 0.717) is 24.0 Å². The third-order valence-electron chi connectivity index (χ3n) is 4.20. The molecule has 28 heavy (non-hydrogen) atoms. The molecule has 0 spiro atoms. The van der Waals surface area contributed by atoms with Crippen LogP contribution in [0.15, 0.2) is 54.9 Å². The highest BCUT2D eigenvalue weighted by atomic mass is 19.4. The highest BCUT2D eigenvalue weighted by Gasteiger charge is 2.33. The van der Waals surface area contributed by atoms with Crippen LogP contribution in [0.1, 0.15) is 17.0 Å². The molecule has 0 aliphatic heterocycles. The largest absolute Gasteiger partial charge is 0.418 e. The van der Waals surface area contributed by atoms with Crippen LogP contribution in [0.3, 0.4) is 0 Å². The number of likely N-dealkylation sites (N-methyl/N-ethyl adjacent to an activating group) is 1. The van der Waals surface area contributed by atoms with Gasteiger partial charge in [-0.15, -0.1) is 0 Å². The van der Waals surface area contributed by atoms with Crippen molar-refractivity contribution >= 4 is 17.3 Å². The molecule has 2 heterocycles. The average molecular weight is 387 g/mol. The molecule has 0 bridgehead atoms. The van der Waals surface area contributed by atoms with Gasteiger partial charge in [-0.05, 0) is 43.2 Å². The first-order valence-corrected chi connectivity index (χ1v) is 8.72. The maximum Gasteiger partial charge on any atom is 0.418 e. The Morgan fingerprint density at radius 2 is 1.75 bits per heavy atom. The summed E-state index contributed by atoms with van der Waals surface area (Å²) < 4.78 is 39.6. The molecule has 0 aliphatic carbocycles. The minimum atomic E-state index is -4.45. The molecule has 146 valence electrons. The van der Waals surface area contributed by atoms with E-state index in [1.165, 1.54) is 12.1 Å². The molecule has 2 aromatic heterocycles. The summed E-state index contributed by atoms with van der Waals surface area (Å²) in [7, 11) is 1.89. The van der Waals surface area contributed by atoms with Gasteiger partial charge in [-0.25, -0.2) is 9.97 Å². The van der Waals surface area contributed by atoms with Crippen LogP contribution in [0.2, 0.25) is 0 Å². The topological polar surface area (TPSA) is 53.9 Å². The standard InChI is InChI=1S/C20H20F3N5/c1-14-25-18(27-17-6-4-3-5-16(17)20(21,22)23)13-19(26-14)28(2)12-9-15-7-10-24-11-8-15/h3-8,10-11,13H,9,12H2,1-2H3,(H,25,26,27). The van der Waals surface area contributed by atoms with Crippen LogP contribution < -0.4 is 10.2 Å². The van der Waals surface area contributed by atoms with Crippen LogP contribution in [0.4, 0.5) is 30.5 Å². The smallest absolute Gasteiger partial charge is 0.359 e. The molecule has 0 fully saturated rings. The molecular formula is C20H20F3N5. The Balaban J connectivity index is 1.78. The summed E-state index contributed by atoms with van der Waals surface area (Å²) in [5.41, 5.74) is 0.363. The zero-order valence-corrected chi connectivity index (χ0v) is 15.5. The van der Waals surface area contributed by atoms with Gasteiger partial charge >= 0.3 is 6.18 Å². The minimum Gasteiger partial charge on any atom is -0.359 e. The second-order valence-electron chi connectivity index (χ2n) is 6.35. The van der Waals surface area contributed by atoms with Crippen molar-refractivity contribution in [3.63, 3.8) is 0 Å². The molecule has 1 aromatic carbocycles. The molecule has 0 radical (unpaired) electrons. The van der Waals surface area contributed by atoms with E-state index in [1.807, 2.05) is 24.1 Å². The lowest BCUT2D eigenvalue weighted by Crippen LogP contribution is -2.22. The van der Waals surface area contributed by atoms with E-state index in [0.717, 1.165) is 18.1 Å². The number of hydrogen-bond acceptors (Lipinski definition) is 5. The van der Waals surface area contributed by atoms with E-state index in [4.69, 9.17) is 0 Å². The first kappa shape index (κ1) is 19.6. The number of benzene rings is 1. The predicted octanol–water partition coefficient (Wildman–Crippen LogP) is 4.62. The third-order valence-corrected chi connectivity index (χ3v) is 4.20. The number of rotatable bonds is 6. The van der Waals surface area contributed by atoms with Gasteiger partial charge in [0.25, 0.3) is 0 Å². The third kappa shape index (κ3) is 4.97. The zero-order valence-electron chi connectivity index (χ0n) is 15.5. The molecule has 3 aromatic rings. The molecule has 3 rings (SSSR count). The molecule has 0 amide bonds. The quantitative estimate of drug-likeness (QED) is 0.669. The van der Waals surface area contributed by atoms with E-state index in [2.05, 4.69) is 20.3 Å². The normalized spacial score (nSPS) is 11.3.